The maximum absolute atomic E-state index is 12.9. The van der Waals surface area contributed by atoms with Crippen molar-refractivity contribution in [2.24, 2.45) is 5.41 Å². The Morgan fingerprint density at radius 1 is 0.479 bits per heavy atom. The summed E-state index contributed by atoms with van der Waals surface area (Å²) in [4.78, 5) is 97.6. The lowest BCUT2D eigenvalue weighted by Gasteiger charge is -2.19. The minimum absolute atomic E-state index is 0.0494. The zero-order chi connectivity index (χ0) is 36.5. The molecule has 0 fully saturated rings. The Kier molecular flexibility index (Phi) is 23.2. The Balaban J connectivity index is 4.78. The van der Waals surface area contributed by atoms with Gasteiger partial charge in [0.25, 0.3) is 0 Å². The number of nitrogens with one attached hydrogen (secondary N) is 7. The van der Waals surface area contributed by atoms with Crippen molar-refractivity contribution in [3.63, 3.8) is 0 Å². The van der Waals surface area contributed by atoms with Crippen molar-refractivity contribution < 1.29 is 38.4 Å². The van der Waals surface area contributed by atoms with Crippen LogP contribution >= 0.6 is 0 Å². The topological polar surface area (TPSA) is 221 Å². The van der Waals surface area contributed by atoms with Gasteiger partial charge in [-0.1, -0.05) is 33.6 Å². The van der Waals surface area contributed by atoms with E-state index in [4.69, 9.17) is 0 Å². The zero-order valence-corrected chi connectivity index (χ0v) is 29.7. The van der Waals surface area contributed by atoms with Gasteiger partial charge in [0.2, 0.25) is 65.3 Å². The maximum atomic E-state index is 12.9. The molecule has 7 N–H and O–H groups in total. The smallest absolute Gasteiger partial charge is 0.243 e. The van der Waals surface area contributed by atoms with E-state index >= 15 is 0 Å². The molecule has 0 saturated carbocycles. The third-order valence-electron chi connectivity index (χ3n) is 7.56. The number of carbonyl (C=O) groups is 8. The van der Waals surface area contributed by atoms with Gasteiger partial charge in [-0.05, 0) is 38.5 Å². The number of Topliss-reactive ketones (excluding diaryl/α,β-unsaturated/α-hetero) is 1. The standard InChI is InChI=1S/C30H56B3N7O8/c1-30(2,3)22(41)12-8-9-14-24(43)36-20(28(47)35-17-11-5-7-15-25(44)38-31)18-26(45)34-16-10-4-6-13-23(42)37-21(29(48)40-33)19-27(46)39-32/h20-21H,4-19,31-33H2,1-3H3,(H,34,45)(H,35,47)(H,36,43)(H,37,42)(H,38,44)(H,39,46)(H,40,48)/t20-,21-/m0/s1. The summed E-state index contributed by atoms with van der Waals surface area (Å²) in [6.07, 6.45) is 5.29. The van der Waals surface area contributed by atoms with E-state index < -0.39 is 35.2 Å². The molecule has 0 aromatic carbocycles. The summed E-state index contributed by atoms with van der Waals surface area (Å²) in [6.45, 7) is 6.18. The summed E-state index contributed by atoms with van der Waals surface area (Å²) < 4.78 is 0. The highest BCUT2D eigenvalue weighted by Gasteiger charge is 2.25. The summed E-state index contributed by atoms with van der Waals surface area (Å²) in [7, 11) is 4.44. The van der Waals surface area contributed by atoms with Crippen LogP contribution in [0.5, 0.6) is 0 Å². The third kappa shape index (κ3) is 21.9. The van der Waals surface area contributed by atoms with Crippen LogP contribution in [0.4, 0.5) is 0 Å². The van der Waals surface area contributed by atoms with Gasteiger partial charge in [0.1, 0.15) is 17.9 Å². The third-order valence-corrected chi connectivity index (χ3v) is 7.56. The molecule has 18 heteroatoms. The van der Waals surface area contributed by atoms with Gasteiger partial charge in [-0.25, -0.2) is 0 Å². The second kappa shape index (κ2) is 25.2. The van der Waals surface area contributed by atoms with Crippen LogP contribution in [0.1, 0.15) is 111 Å². The summed E-state index contributed by atoms with van der Waals surface area (Å²) in [5.74, 6) is -2.43. The van der Waals surface area contributed by atoms with Crippen molar-refractivity contribution in [3.05, 3.63) is 0 Å². The Morgan fingerprint density at radius 2 is 0.917 bits per heavy atom. The van der Waals surface area contributed by atoms with Crippen LogP contribution in [0, 0.1) is 5.41 Å². The summed E-state index contributed by atoms with van der Waals surface area (Å²) in [5.41, 5.74) is -0.442. The van der Waals surface area contributed by atoms with Crippen molar-refractivity contribution in [1.29, 1.82) is 0 Å². The molecule has 0 radical (unpaired) electrons. The zero-order valence-electron chi connectivity index (χ0n) is 29.7. The summed E-state index contributed by atoms with van der Waals surface area (Å²) in [6, 6.07) is -2.05. The predicted molar refractivity (Wildman–Crippen MR) is 189 cm³/mol. The first-order valence-corrected chi connectivity index (χ1v) is 16.9. The van der Waals surface area contributed by atoms with Crippen LogP contribution in [0.15, 0.2) is 0 Å². The highest BCUT2D eigenvalue weighted by molar-refractivity contribution is 6.17. The summed E-state index contributed by atoms with van der Waals surface area (Å²) >= 11 is 0. The Hall–Kier alpha value is -3.85. The first kappa shape index (κ1) is 44.2. The SMILES string of the molecule is BNC(=O)CCCCCNC(=O)[C@H](CC(=O)NCCCCCC(=O)N[C@@H](CC(=O)NB)C(=O)NB)NC(=O)CCCCC(=O)C(C)(C)C. The van der Waals surface area contributed by atoms with Gasteiger partial charge in [-0.2, -0.15) is 0 Å². The van der Waals surface area contributed by atoms with E-state index in [2.05, 4.69) is 37.0 Å². The highest BCUT2D eigenvalue weighted by atomic mass is 16.2. The van der Waals surface area contributed by atoms with Gasteiger partial charge in [0.15, 0.2) is 0 Å². The summed E-state index contributed by atoms with van der Waals surface area (Å²) in [5, 5.41) is 18.1. The van der Waals surface area contributed by atoms with Gasteiger partial charge in [0.05, 0.1) is 12.8 Å². The average Bonchev–Trinajstić information content (AvgIpc) is 3.04. The van der Waals surface area contributed by atoms with Crippen LogP contribution in [-0.2, 0) is 38.4 Å². The average molecular weight is 675 g/mol. The molecule has 0 spiro atoms. The molecule has 48 heavy (non-hydrogen) atoms. The minimum atomic E-state index is -1.08. The Bertz CT molecular complexity index is 1090. The van der Waals surface area contributed by atoms with Gasteiger partial charge in [-0.3, -0.25) is 38.4 Å². The molecule has 0 unspecified atom stereocenters. The van der Waals surface area contributed by atoms with Gasteiger partial charge in [-0.15, -0.1) is 0 Å². The molecule has 0 aliphatic rings. The molecule has 0 heterocycles. The van der Waals surface area contributed by atoms with Gasteiger partial charge in [0, 0.05) is 44.2 Å². The molecule has 268 valence electrons. The van der Waals surface area contributed by atoms with E-state index in [-0.39, 0.29) is 55.1 Å². The first-order valence-electron chi connectivity index (χ1n) is 16.9. The highest BCUT2D eigenvalue weighted by Crippen LogP contribution is 2.18. The lowest BCUT2D eigenvalue weighted by molar-refractivity contribution is -0.132. The second-order valence-electron chi connectivity index (χ2n) is 12.8. The van der Waals surface area contributed by atoms with Crippen molar-refractivity contribution in [2.45, 2.75) is 123 Å². The number of carbonyl (C=O) groups excluding carboxylic acids is 8. The quantitative estimate of drug-likeness (QED) is 0.0397. The van der Waals surface area contributed by atoms with Crippen LogP contribution in [0.2, 0.25) is 0 Å². The van der Waals surface area contributed by atoms with E-state index in [1.807, 2.05) is 20.8 Å². The maximum Gasteiger partial charge on any atom is 0.243 e. The van der Waals surface area contributed by atoms with Crippen LogP contribution in [0.3, 0.4) is 0 Å². The normalized spacial score (nSPS) is 12.1. The van der Waals surface area contributed by atoms with Crippen LogP contribution in [0.25, 0.3) is 0 Å². The molecular formula is C30H56B3N7O8. The van der Waals surface area contributed by atoms with Crippen molar-refractivity contribution in [1.82, 2.24) is 37.0 Å². The second-order valence-corrected chi connectivity index (χ2v) is 12.8. The van der Waals surface area contributed by atoms with Crippen LogP contribution < -0.4 is 37.0 Å². The molecule has 7 amide bonds. The Morgan fingerprint density at radius 3 is 1.42 bits per heavy atom. The monoisotopic (exact) mass is 675 g/mol. The largest absolute Gasteiger partial charge is 0.406 e. The van der Waals surface area contributed by atoms with Crippen molar-refractivity contribution in [2.75, 3.05) is 13.1 Å². The molecule has 0 aromatic heterocycles. The number of amides is 7. The molecule has 0 aromatic rings. The molecule has 2 atom stereocenters. The van der Waals surface area contributed by atoms with E-state index in [9.17, 15) is 38.4 Å². The van der Waals surface area contributed by atoms with Crippen molar-refractivity contribution in [3.8, 4) is 0 Å². The number of ketones is 1. The molecule has 0 aliphatic carbocycles. The minimum Gasteiger partial charge on any atom is -0.406 e. The van der Waals surface area contributed by atoms with E-state index in [1.54, 1.807) is 7.98 Å². The van der Waals surface area contributed by atoms with Crippen LogP contribution in [-0.4, -0.2) is 96.3 Å². The van der Waals surface area contributed by atoms with E-state index in [0.29, 0.717) is 70.9 Å². The molecule has 0 rings (SSSR count). The molecule has 0 saturated heterocycles. The predicted octanol–water partition coefficient (Wildman–Crippen LogP) is -2.74. The molecule has 0 aliphatic heterocycles. The van der Waals surface area contributed by atoms with E-state index in [1.165, 1.54) is 16.0 Å². The molecular weight excluding hydrogens is 619 g/mol. The lowest BCUT2D eigenvalue weighted by Crippen LogP contribution is -2.49. The molecule has 0 bridgehead atoms. The Labute approximate surface area is 287 Å². The molecule has 15 nitrogen and oxygen atoms in total. The van der Waals surface area contributed by atoms with Gasteiger partial charge >= 0.3 is 0 Å². The first-order chi connectivity index (χ1) is 22.6. The fourth-order valence-electron chi connectivity index (χ4n) is 4.48. The van der Waals surface area contributed by atoms with Gasteiger partial charge < -0.3 is 37.0 Å². The fraction of sp³-hybridized carbons (Fsp3) is 0.733. The number of rotatable bonds is 25. The fourth-order valence-corrected chi connectivity index (χ4v) is 4.48. The van der Waals surface area contributed by atoms with E-state index in [0.717, 1.165) is 6.42 Å². The number of hydrogen-bond donors (Lipinski definition) is 7. The number of hydrogen-bond acceptors (Lipinski definition) is 8. The number of unbranched alkanes of at least 4 members (excludes halogenated alkanes) is 5. The van der Waals surface area contributed by atoms with Crippen molar-refractivity contribution >= 4 is 71.1 Å². The lowest BCUT2D eigenvalue weighted by atomic mass is 9.88.